The number of fused-ring (bicyclic) bond motifs is 1. The van der Waals surface area contributed by atoms with Crippen LogP contribution in [0.4, 0.5) is 10.1 Å². The van der Waals surface area contributed by atoms with Crippen molar-refractivity contribution in [1.29, 1.82) is 0 Å². The van der Waals surface area contributed by atoms with Gasteiger partial charge >= 0.3 is 0 Å². The third-order valence-electron chi connectivity index (χ3n) is 7.35. The van der Waals surface area contributed by atoms with Crippen molar-refractivity contribution in [2.45, 2.75) is 50.6 Å². The Bertz CT molecular complexity index is 1290. The molecule has 1 unspecified atom stereocenters. The van der Waals surface area contributed by atoms with E-state index in [4.69, 9.17) is 6.57 Å². The van der Waals surface area contributed by atoms with E-state index in [0.717, 1.165) is 5.56 Å². The highest BCUT2D eigenvalue weighted by Gasteiger charge is 2.40. The summed E-state index contributed by atoms with van der Waals surface area (Å²) < 4.78 is 15.1. The van der Waals surface area contributed by atoms with Gasteiger partial charge in [0.1, 0.15) is 11.9 Å². The van der Waals surface area contributed by atoms with Crippen molar-refractivity contribution in [2.24, 2.45) is 0 Å². The van der Waals surface area contributed by atoms with E-state index in [-0.39, 0.29) is 49.1 Å². The number of carbonyl (C=O) groups is 4. The lowest BCUT2D eigenvalue weighted by molar-refractivity contribution is -0.137. The fourth-order valence-corrected chi connectivity index (χ4v) is 5.34. The molecule has 1 atom stereocenters. The normalized spacial score (nSPS) is 20.2. The maximum absolute atomic E-state index is 15.1. The molecule has 0 radical (unpaired) electrons. The van der Waals surface area contributed by atoms with Crippen LogP contribution in [0.1, 0.15) is 58.6 Å². The van der Waals surface area contributed by atoms with Gasteiger partial charge in [-0.05, 0) is 47.9 Å². The quantitative estimate of drug-likeness (QED) is 0.529. The van der Waals surface area contributed by atoms with Crippen LogP contribution in [-0.2, 0) is 27.3 Å². The molecule has 3 aliphatic rings. The van der Waals surface area contributed by atoms with Gasteiger partial charge in [-0.3, -0.25) is 24.5 Å². The van der Waals surface area contributed by atoms with Gasteiger partial charge in [-0.25, -0.2) is 9.24 Å². The molecule has 3 heterocycles. The Morgan fingerprint density at radius 2 is 1.81 bits per heavy atom. The lowest BCUT2D eigenvalue weighted by Crippen LogP contribution is -2.52. The highest BCUT2D eigenvalue weighted by molar-refractivity contribution is 6.05. The lowest BCUT2D eigenvalue weighted by atomic mass is 9.87. The molecule has 0 aromatic heterocycles. The minimum atomic E-state index is -0.735. The van der Waals surface area contributed by atoms with Crippen LogP contribution < -0.4 is 5.32 Å². The van der Waals surface area contributed by atoms with Gasteiger partial charge < -0.3 is 9.80 Å². The molecule has 2 aromatic carbocycles. The molecule has 1 N–H and O–H groups in total. The molecule has 0 spiro atoms. The highest BCUT2D eigenvalue weighted by Crippen LogP contribution is 2.35. The van der Waals surface area contributed by atoms with Crippen LogP contribution >= 0.6 is 0 Å². The zero-order valence-electron chi connectivity index (χ0n) is 19.6. The molecule has 0 saturated carbocycles. The van der Waals surface area contributed by atoms with E-state index >= 15 is 4.39 Å². The number of halogens is 1. The minimum absolute atomic E-state index is 0.00363. The van der Waals surface area contributed by atoms with E-state index in [1.165, 1.54) is 11.0 Å². The van der Waals surface area contributed by atoms with Crippen molar-refractivity contribution in [3.05, 3.63) is 75.9 Å². The maximum Gasteiger partial charge on any atom is 0.255 e. The fourth-order valence-electron chi connectivity index (χ4n) is 5.34. The van der Waals surface area contributed by atoms with Crippen molar-refractivity contribution in [3.63, 3.8) is 0 Å². The molecule has 9 heteroatoms. The largest absolute Gasteiger partial charge is 0.342 e. The summed E-state index contributed by atoms with van der Waals surface area (Å²) in [5.41, 5.74) is 2.86. The molecular formula is C27H25FN4O4. The number of nitrogens with one attached hydrogen (secondary N) is 1. The number of amides is 4. The summed E-state index contributed by atoms with van der Waals surface area (Å²) in [6, 6.07) is 9.24. The highest BCUT2D eigenvalue weighted by atomic mass is 19.1. The topological polar surface area (TPSA) is 91.2 Å². The SMILES string of the molecule is [C-]#[N+]c1ccc(CC(=O)N2CCC(c3cc4c(cc3F)C(=O)N(C3CCC(=O)NC3=O)C4)CC2)cc1. The van der Waals surface area contributed by atoms with Crippen LogP contribution in [-0.4, -0.2) is 52.6 Å². The summed E-state index contributed by atoms with van der Waals surface area (Å²) in [5, 5.41) is 2.27. The van der Waals surface area contributed by atoms with E-state index in [1.54, 1.807) is 35.2 Å². The van der Waals surface area contributed by atoms with Crippen molar-refractivity contribution >= 4 is 29.3 Å². The second-order valence-corrected chi connectivity index (χ2v) is 9.54. The standard InChI is InChI=1S/C27H25FN4O4/c1-29-19-4-2-16(3-5-19)12-25(34)31-10-8-17(9-11-31)20-13-18-15-32(27(36)21(18)14-22(20)28)23-6-7-24(33)30-26(23)35/h2-5,13-14,17,23H,6-12,15H2,(H,30,33,35). The van der Waals surface area contributed by atoms with E-state index < -0.39 is 23.7 Å². The van der Waals surface area contributed by atoms with Crippen LogP contribution in [0.5, 0.6) is 0 Å². The van der Waals surface area contributed by atoms with Crippen LogP contribution in [0.15, 0.2) is 36.4 Å². The fraction of sp³-hybridized carbons (Fsp3) is 0.370. The number of piperidine rings is 2. The van der Waals surface area contributed by atoms with Crippen LogP contribution in [0.2, 0.25) is 0 Å². The number of imide groups is 1. The van der Waals surface area contributed by atoms with Gasteiger partial charge in [0, 0.05) is 31.6 Å². The van der Waals surface area contributed by atoms with E-state index in [0.29, 0.717) is 42.7 Å². The molecule has 4 amide bonds. The third-order valence-corrected chi connectivity index (χ3v) is 7.35. The molecule has 5 rings (SSSR count). The van der Waals surface area contributed by atoms with Crippen molar-refractivity contribution in [1.82, 2.24) is 15.1 Å². The molecule has 184 valence electrons. The number of benzene rings is 2. The molecule has 0 bridgehead atoms. The van der Waals surface area contributed by atoms with E-state index in [2.05, 4.69) is 10.2 Å². The predicted octanol–water partition coefficient (Wildman–Crippen LogP) is 3.09. The first-order valence-corrected chi connectivity index (χ1v) is 12.0. The first kappa shape index (κ1) is 23.7. The molecule has 0 aliphatic carbocycles. The average molecular weight is 489 g/mol. The number of hydrogen-bond donors (Lipinski definition) is 1. The summed E-state index contributed by atoms with van der Waals surface area (Å²) in [5.74, 6) is -1.75. The molecular weight excluding hydrogens is 463 g/mol. The summed E-state index contributed by atoms with van der Waals surface area (Å²) in [7, 11) is 0. The number of likely N-dealkylation sites (tertiary alicyclic amines) is 1. The Morgan fingerprint density at radius 3 is 2.47 bits per heavy atom. The van der Waals surface area contributed by atoms with E-state index in [9.17, 15) is 19.2 Å². The van der Waals surface area contributed by atoms with Gasteiger partial charge in [-0.1, -0.05) is 30.3 Å². The van der Waals surface area contributed by atoms with Crippen molar-refractivity contribution in [2.75, 3.05) is 13.1 Å². The Kier molecular flexibility index (Phi) is 6.27. The first-order valence-electron chi connectivity index (χ1n) is 12.0. The molecule has 36 heavy (non-hydrogen) atoms. The molecule has 8 nitrogen and oxygen atoms in total. The lowest BCUT2D eigenvalue weighted by Gasteiger charge is -2.32. The Balaban J connectivity index is 1.23. The number of carbonyl (C=O) groups excluding carboxylic acids is 4. The Morgan fingerprint density at radius 1 is 1.08 bits per heavy atom. The molecule has 2 aromatic rings. The first-order chi connectivity index (χ1) is 17.3. The summed E-state index contributed by atoms with van der Waals surface area (Å²) >= 11 is 0. The van der Waals surface area contributed by atoms with Gasteiger partial charge in [0.2, 0.25) is 17.7 Å². The second-order valence-electron chi connectivity index (χ2n) is 9.54. The molecule has 2 fully saturated rings. The van der Waals surface area contributed by atoms with Gasteiger partial charge in [0.15, 0.2) is 5.69 Å². The summed E-state index contributed by atoms with van der Waals surface area (Å²) in [6.07, 6.45) is 1.91. The van der Waals surface area contributed by atoms with Crippen molar-refractivity contribution < 1.29 is 23.6 Å². The maximum atomic E-state index is 15.1. The zero-order chi connectivity index (χ0) is 25.4. The third kappa shape index (κ3) is 4.47. The average Bonchev–Trinajstić information content (AvgIpc) is 3.19. The Hall–Kier alpha value is -4.06. The molecule has 2 saturated heterocycles. The van der Waals surface area contributed by atoms with Crippen molar-refractivity contribution in [3.8, 4) is 0 Å². The number of hydrogen-bond acceptors (Lipinski definition) is 4. The number of rotatable bonds is 4. The monoisotopic (exact) mass is 488 g/mol. The van der Waals surface area contributed by atoms with Crippen LogP contribution in [0.3, 0.4) is 0 Å². The second kappa shape index (κ2) is 9.53. The van der Waals surface area contributed by atoms with Gasteiger partial charge in [0.05, 0.1) is 13.0 Å². The zero-order valence-corrected chi connectivity index (χ0v) is 19.6. The van der Waals surface area contributed by atoms with E-state index in [1.807, 2.05) is 0 Å². The molecule has 3 aliphatic heterocycles. The Labute approximate surface area is 207 Å². The van der Waals surface area contributed by atoms with Crippen LogP contribution in [0.25, 0.3) is 4.85 Å². The van der Waals surface area contributed by atoms with Gasteiger partial charge in [0.25, 0.3) is 5.91 Å². The summed E-state index contributed by atoms with van der Waals surface area (Å²) in [4.78, 5) is 55.9. The smallest absolute Gasteiger partial charge is 0.255 e. The minimum Gasteiger partial charge on any atom is -0.342 e. The van der Waals surface area contributed by atoms with Gasteiger partial charge in [-0.2, -0.15) is 0 Å². The summed E-state index contributed by atoms with van der Waals surface area (Å²) in [6.45, 7) is 8.26. The number of nitrogens with zero attached hydrogens (tertiary/aromatic N) is 3. The van der Waals surface area contributed by atoms with Crippen LogP contribution in [0, 0.1) is 12.4 Å². The van der Waals surface area contributed by atoms with Gasteiger partial charge in [-0.15, -0.1) is 0 Å². The predicted molar refractivity (Wildman–Crippen MR) is 127 cm³/mol.